The summed E-state index contributed by atoms with van der Waals surface area (Å²) in [5, 5.41) is 9.92. The van der Waals surface area contributed by atoms with E-state index in [1.165, 1.54) is 7.05 Å². The van der Waals surface area contributed by atoms with Gasteiger partial charge in [0, 0.05) is 31.4 Å². The Morgan fingerprint density at radius 2 is 2.08 bits per heavy atom. The average Bonchev–Trinajstić information content (AvgIpc) is 2.99. The van der Waals surface area contributed by atoms with Gasteiger partial charge < -0.3 is 16.0 Å². The van der Waals surface area contributed by atoms with Gasteiger partial charge in [-0.15, -0.1) is 35.3 Å². The number of rotatable bonds is 7. The van der Waals surface area contributed by atoms with E-state index in [2.05, 4.69) is 25.9 Å². The molecule has 144 valence electrons. The minimum absolute atomic E-state index is 0. The summed E-state index contributed by atoms with van der Waals surface area (Å²) in [4.78, 5) is 19.1. The minimum Gasteiger partial charge on any atom is -0.356 e. The normalized spacial score (nSPS) is 13.0. The molecule has 1 unspecified atom stereocenters. The highest BCUT2D eigenvalue weighted by molar-refractivity contribution is 14.0. The number of nitrogens with one attached hydrogen (secondary N) is 3. The molecule has 1 aromatic rings. The van der Waals surface area contributed by atoms with Gasteiger partial charge in [-0.1, -0.05) is 6.92 Å². The molecule has 0 aromatic carbocycles. The summed E-state index contributed by atoms with van der Waals surface area (Å²) in [6.45, 7) is 4.40. The molecule has 1 amide bonds. The fourth-order valence-electron chi connectivity index (χ4n) is 1.65. The second-order valence-electron chi connectivity index (χ2n) is 5.10. The molecule has 0 aliphatic carbocycles. The molecular formula is C14H23F3IN5OS. The standard InChI is InChI=1S/C14H22F3N5OS.HI/c1-4-9(2)21-11(23)5-6-19-13(18-3)20-7-12-22-10(8-24-12)14(15,16)17;/h8-9H,4-7H2,1-3H3,(H,21,23)(H2,18,19,20);1H. The van der Waals surface area contributed by atoms with Crippen LogP contribution in [0, 0.1) is 0 Å². The fourth-order valence-corrected chi connectivity index (χ4v) is 2.39. The van der Waals surface area contributed by atoms with Crippen LogP contribution in [0.3, 0.4) is 0 Å². The number of carbonyl (C=O) groups is 1. The Hall–Kier alpha value is -1.11. The predicted molar refractivity (Wildman–Crippen MR) is 103 cm³/mol. The maximum Gasteiger partial charge on any atom is 0.434 e. The number of aromatic nitrogens is 1. The lowest BCUT2D eigenvalue weighted by Crippen LogP contribution is -2.40. The van der Waals surface area contributed by atoms with Crippen molar-refractivity contribution >= 4 is 47.2 Å². The van der Waals surface area contributed by atoms with Crippen LogP contribution in [0.2, 0.25) is 0 Å². The van der Waals surface area contributed by atoms with Crippen LogP contribution in [0.4, 0.5) is 13.2 Å². The Bertz CT molecular complexity index is 565. The molecule has 0 saturated carbocycles. The number of amides is 1. The smallest absolute Gasteiger partial charge is 0.356 e. The molecule has 0 aliphatic heterocycles. The van der Waals surface area contributed by atoms with E-state index in [1.54, 1.807) is 0 Å². The first kappa shape index (κ1) is 23.9. The molecule has 1 rings (SSSR count). The molecule has 11 heteroatoms. The largest absolute Gasteiger partial charge is 0.434 e. The number of thiazole rings is 1. The van der Waals surface area contributed by atoms with Crippen LogP contribution in [0.5, 0.6) is 0 Å². The van der Waals surface area contributed by atoms with Crippen molar-refractivity contribution in [3.05, 3.63) is 16.1 Å². The summed E-state index contributed by atoms with van der Waals surface area (Å²) in [7, 11) is 1.54. The number of hydrogen-bond donors (Lipinski definition) is 3. The first-order chi connectivity index (χ1) is 11.3. The van der Waals surface area contributed by atoms with Gasteiger partial charge in [0.2, 0.25) is 5.91 Å². The van der Waals surface area contributed by atoms with Crippen molar-refractivity contribution in [3.63, 3.8) is 0 Å². The van der Waals surface area contributed by atoms with E-state index in [4.69, 9.17) is 0 Å². The van der Waals surface area contributed by atoms with E-state index in [0.717, 1.165) is 23.1 Å². The summed E-state index contributed by atoms with van der Waals surface area (Å²) in [6.07, 6.45) is -3.30. The number of carbonyl (C=O) groups excluding carboxylic acids is 1. The van der Waals surface area contributed by atoms with E-state index >= 15 is 0 Å². The molecular weight excluding hydrogens is 470 g/mol. The van der Waals surface area contributed by atoms with Crippen LogP contribution < -0.4 is 16.0 Å². The molecule has 0 bridgehead atoms. The van der Waals surface area contributed by atoms with Crippen LogP contribution in [0.25, 0.3) is 0 Å². The Labute approximate surface area is 166 Å². The summed E-state index contributed by atoms with van der Waals surface area (Å²) < 4.78 is 37.4. The zero-order chi connectivity index (χ0) is 18.2. The van der Waals surface area contributed by atoms with E-state index in [0.29, 0.717) is 17.5 Å². The summed E-state index contributed by atoms with van der Waals surface area (Å²) >= 11 is 0.926. The quantitative estimate of drug-likeness (QED) is 0.310. The highest BCUT2D eigenvalue weighted by Gasteiger charge is 2.33. The maximum atomic E-state index is 12.5. The molecule has 0 radical (unpaired) electrons. The Kier molecular flexibility index (Phi) is 11.0. The molecule has 0 aliphatic rings. The number of hydrogen-bond acceptors (Lipinski definition) is 4. The van der Waals surface area contributed by atoms with Crippen LogP contribution in [0.15, 0.2) is 10.4 Å². The van der Waals surface area contributed by atoms with E-state index in [1.807, 2.05) is 13.8 Å². The van der Waals surface area contributed by atoms with Crippen molar-refractivity contribution in [1.82, 2.24) is 20.9 Å². The molecule has 0 fully saturated rings. The van der Waals surface area contributed by atoms with Gasteiger partial charge in [0.15, 0.2) is 11.7 Å². The second-order valence-corrected chi connectivity index (χ2v) is 6.05. The second kappa shape index (κ2) is 11.5. The van der Waals surface area contributed by atoms with E-state index in [9.17, 15) is 18.0 Å². The Morgan fingerprint density at radius 1 is 1.40 bits per heavy atom. The monoisotopic (exact) mass is 493 g/mol. The number of aliphatic imine (C=N–C) groups is 1. The van der Waals surface area contributed by atoms with Crippen LogP contribution >= 0.6 is 35.3 Å². The molecule has 1 aromatic heterocycles. The van der Waals surface area contributed by atoms with Crippen molar-refractivity contribution < 1.29 is 18.0 Å². The first-order valence-corrected chi connectivity index (χ1v) is 8.39. The summed E-state index contributed by atoms with van der Waals surface area (Å²) in [5.41, 5.74) is -0.894. The van der Waals surface area contributed by atoms with Gasteiger partial charge in [-0.2, -0.15) is 13.2 Å². The Balaban J connectivity index is 0.00000576. The number of guanidine groups is 1. The number of nitrogens with zero attached hydrogens (tertiary/aromatic N) is 2. The van der Waals surface area contributed by atoms with Gasteiger partial charge in [-0.3, -0.25) is 9.79 Å². The van der Waals surface area contributed by atoms with E-state index in [-0.39, 0.29) is 48.9 Å². The Morgan fingerprint density at radius 3 is 2.60 bits per heavy atom. The molecule has 1 atom stereocenters. The summed E-state index contributed by atoms with van der Waals surface area (Å²) in [6, 6.07) is 0.127. The van der Waals surface area contributed by atoms with Crippen molar-refractivity contribution in [3.8, 4) is 0 Å². The average molecular weight is 493 g/mol. The molecule has 6 nitrogen and oxygen atoms in total. The molecule has 25 heavy (non-hydrogen) atoms. The molecule has 1 heterocycles. The van der Waals surface area contributed by atoms with Crippen molar-refractivity contribution in [2.75, 3.05) is 13.6 Å². The lowest BCUT2D eigenvalue weighted by atomic mass is 10.2. The lowest BCUT2D eigenvalue weighted by molar-refractivity contribution is -0.140. The SMILES string of the molecule is CCC(C)NC(=O)CCNC(=NC)NCc1nc(C(F)(F)F)cs1.I. The lowest BCUT2D eigenvalue weighted by Gasteiger charge is -2.13. The van der Waals surface area contributed by atoms with Crippen LogP contribution in [-0.2, 0) is 17.5 Å². The molecule has 0 saturated heterocycles. The fraction of sp³-hybridized carbons (Fsp3) is 0.643. The molecule has 3 N–H and O–H groups in total. The van der Waals surface area contributed by atoms with Gasteiger partial charge in [0.1, 0.15) is 5.01 Å². The zero-order valence-electron chi connectivity index (χ0n) is 14.2. The van der Waals surface area contributed by atoms with Crippen molar-refractivity contribution in [1.29, 1.82) is 0 Å². The van der Waals surface area contributed by atoms with Gasteiger partial charge in [-0.25, -0.2) is 4.98 Å². The third kappa shape index (κ3) is 9.23. The van der Waals surface area contributed by atoms with Gasteiger partial charge >= 0.3 is 6.18 Å². The third-order valence-electron chi connectivity index (χ3n) is 3.14. The minimum atomic E-state index is -4.43. The molecule has 0 spiro atoms. The summed E-state index contributed by atoms with van der Waals surface area (Å²) in [5.74, 6) is 0.331. The van der Waals surface area contributed by atoms with Gasteiger partial charge in [-0.05, 0) is 13.3 Å². The number of alkyl halides is 3. The maximum absolute atomic E-state index is 12.5. The predicted octanol–water partition coefficient (Wildman–Crippen LogP) is 2.75. The van der Waals surface area contributed by atoms with Crippen molar-refractivity contribution in [2.45, 2.75) is 45.5 Å². The highest BCUT2D eigenvalue weighted by Crippen LogP contribution is 2.29. The zero-order valence-corrected chi connectivity index (χ0v) is 17.4. The number of halogens is 4. The van der Waals surface area contributed by atoms with Gasteiger partial charge in [0.05, 0.1) is 6.54 Å². The highest BCUT2D eigenvalue weighted by atomic mass is 127. The topological polar surface area (TPSA) is 78.4 Å². The van der Waals surface area contributed by atoms with Gasteiger partial charge in [0.25, 0.3) is 0 Å². The van der Waals surface area contributed by atoms with Crippen LogP contribution in [-0.4, -0.2) is 36.5 Å². The third-order valence-corrected chi connectivity index (χ3v) is 3.99. The van der Waals surface area contributed by atoms with Crippen LogP contribution in [0.1, 0.15) is 37.4 Å². The van der Waals surface area contributed by atoms with E-state index < -0.39 is 11.9 Å². The first-order valence-electron chi connectivity index (χ1n) is 7.51. The van der Waals surface area contributed by atoms with Crippen molar-refractivity contribution in [2.24, 2.45) is 4.99 Å².